The van der Waals surface area contributed by atoms with Gasteiger partial charge < -0.3 is 10.0 Å². The zero-order valence-electron chi connectivity index (χ0n) is 8.81. The number of hydrogen-bond acceptors (Lipinski definition) is 3. The van der Waals surface area contributed by atoms with Crippen LogP contribution in [-0.4, -0.2) is 44.7 Å². The molecule has 1 heterocycles. The summed E-state index contributed by atoms with van der Waals surface area (Å²) in [4.78, 5) is 23.8. The molecule has 1 rings (SSSR count). The molecule has 1 amide bonds. The van der Waals surface area contributed by atoms with Crippen molar-refractivity contribution in [1.82, 2.24) is 15.1 Å². The van der Waals surface area contributed by atoms with E-state index < -0.39 is 17.4 Å². The van der Waals surface area contributed by atoms with E-state index in [4.69, 9.17) is 5.11 Å². The Morgan fingerprint density at radius 1 is 1.53 bits per heavy atom. The predicted octanol–water partition coefficient (Wildman–Crippen LogP) is 0.345. The van der Waals surface area contributed by atoms with Gasteiger partial charge in [-0.3, -0.25) is 9.89 Å². The summed E-state index contributed by atoms with van der Waals surface area (Å²) >= 11 is 0. The first-order valence-corrected chi connectivity index (χ1v) is 4.38. The van der Waals surface area contributed by atoms with Gasteiger partial charge in [-0.2, -0.15) is 5.10 Å². The van der Waals surface area contributed by atoms with Gasteiger partial charge in [0.15, 0.2) is 0 Å². The third kappa shape index (κ3) is 1.98. The van der Waals surface area contributed by atoms with Crippen LogP contribution < -0.4 is 0 Å². The Morgan fingerprint density at radius 3 is 2.53 bits per heavy atom. The number of rotatable bonds is 3. The van der Waals surface area contributed by atoms with Crippen LogP contribution in [0, 0.1) is 0 Å². The minimum Gasteiger partial charge on any atom is -0.480 e. The second-order valence-corrected chi connectivity index (χ2v) is 3.70. The summed E-state index contributed by atoms with van der Waals surface area (Å²) in [5.41, 5.74) is -0.978. The van der Waals surface area contributed by atoms with E-state index in [2.05, 4.69) is 10.2 Å². The van der Waals surface area contributed by atoms with Gasteiger partial charge in [-0.1, -0.05) is 0 Å². The molecule has 0 unspecified atom stereocenters. The maximum Gasteiger partial charge on any atom is 0.329 e. The Hall–Kier alpha value is -1.85. The third-order valence-electron chi connectivity index (χ3n) is 2.40. The number of amides is 1. The highest BCUT2D eigenvalue weighted by molar-refractivity contribution is 5.95. The van der Waals surface area contributed by atoms with Crippen LogP contribution in [0.4, 0.5) is 0 Å². The molecule has 0 spiro atoms. The number of aromatic nitrogens is 2. The number of nitrogens with zero attached hydrogens (tertiary/aromatic N) is 2. The normalized spacial score (nSPS) is 11.1. The molecular weight excluding hydrogens is 198 g/mol. The molecule has 1 aromatic heterocycles. The first kappa shape index (κ1) is 11.2. The van der Waals surface area contributed by atoms with Gasteiger partial charge in [0.2, 0.25) is 0 Å². The largest absolute Gasteiger partial charge is 0.480 e. The maximum atomic E-state index is 11.7. The van der Waals surface area contributed by atoms with E-state index in [0.717, 1.165) is 4.90 Å². The fourth-order valence-corrected chi connectivity index (χ4v) is 0.953. The van der Waals surface area contributed by atoms with Crippen molar-refractivity contribution in [3.63, 3.8) is 0 Å². The van der Waals surface area contributed by atoms with Crippen molar-refractivity contribution in [2.24, 2.45) is 0 Å². The van der Waals surface area contributed by atoms with Gasteiger partial charge >= 0.3 is 5.97 Å². The second kappa shape index (κ2) is 3.72. The summed E-state index contributed by atoms with van der Waals surface area (Å²) in [6.45, 7) is 2.92. The van der Waals surface area contributed by atoms with E-state index in [1.54, 1.807) is 0 Å². The number of nitrogens with one attached hydrogen (secondary N) is 1. The molecule has 82 valence electrons. The van der Waals surface area contributed by atoms with Gasteiger partial charge in [-0.05, 0) is 19.9 Å². The zero-order chi connectivity index (χ0) is 11.6. The topological polar surface area (TPSA) is 86.3 Å². The summed E-state index contributed by atoms with van der Waals surface area (Å²) in [7, 11) is 1.44. The summed E-state index contributed by atoms with van der Waals surface area (Å²) in [6.07, 6.45) is 1.44. The molecule has 6 heteroatoms. The van der Waals surface area contributed by atoms with E-state index in [-0.39, 0.29) is 5.69 Å². The SMILES string of the molecule is CN(C(=O)c1ccn[nH]1)C(C)(C)C(=O)O. The van der Waals surface area contributed by atoms with E-state index >= 15 is 0 Å². The van der Waals surface area contributed by atoms with Crippen LogP contribution in [0.25, 0.3) is 0 Å². The van der Waals surface area contributed by atoms with Crippen LogP contribution in [0.2, 0.25) is 0 Å². The maximum absolute atomic E-state index is 11.7. The quantitative estimate of drug-likeness (QED) is 0.755. The zero-order valence-corrected chi connectivity index (χ0v) is 8.81. The number of carbonyl (C=O) groups is 2. The molecule has 0 saturated heterocycles. The fourth-order valence-electron chi connectivity index (χ4n) is 0.953. The second-order valence-electron chi connectivity index (χ2n) is 3.70. The van der Waals surface area contributed by atoms with Gasteiger partial charge in [-0.15, -0.1) is 0 Å². The molecule has 0 aliphatic heterocycles. The first-order chi connectivity index (χ1) is 6.87. The van der Waals surface area contributed by atoms with E-state index in [0.29, 0.717) is 0 Å². The Bertz CT molecular complexity index is 370. The van der Waals surface area contributed by atoms with Gasteiger partial charge in [0.25, 0.3) is 5.91 Å². The predicted molar refractivity (Wildman–Crippen MR) is 52.4 cm³/mol. The molecule has 0 aliphatic rings. The van der Waals surface area contributed by atoms with Crippen LogP contribution in [0.3, 0.4) is 0 Å². The summed E-state index contributed by atoms with van der Waals surface area (Å²) < 4.78 is 0. The van der Waals surface area contributed by atoms with Crippen molar-refractivity contribution in [3.05, 3.63) is 18.0 Å². The lowest BCUT2D eigenvalue weighted by molar-refractivity contribution is -0.147. The highest BCUT2D eigenvalue weighted by atomic mass is 16.4. The van der Waals surface area contributed by atoms with Crippen LogP contribution >= 0.6 is 0 Å². The Kier molecular flexibility index (Phi) is 2.78. The van der Waals surface area contributed by atoms with Crippen LogP contribution in [0.15, 0.2) is 12.3 Å². The van der Waals surface area contributed by atoms with Gasteiger partial charge in [0, 0.05) is 13.2 Å². The Morgan fingerprint density at radius 2 is 2.13 bits per heavy atom. The van der Waals surface area contributed by atoms with Crippen LogP contribution in [-0.2, 0) is 4.79 Å². The van der Waals surface area contributed by atoms with Crippen molar-refractivity contribution in [2.45, 2.75) is 19.4 Å². The molecule has 0 aromatic carbocycles. The number of carbonyl (C=O) groups excluding carboxylic acids is 1. The smallest absolute Gasteiger partial charge is 0.329 e. The molecule has 0 fully saturated rings. The van der Waals surface area contributed by atoms with E-state index in [1.807, 2.05) is 0 Å². The van der Waals surface area contributed by atoms with Crippen molar-refractivity contribution in [1.29, 1.82) is 0 Å². The average Bonchev–Trinajstić information content (AvgIpc) is 2.67. The molecule has 2 N–H and O–H groups in total. The van der Waals surface area contributed by atoms with Crippen LogP contribution in [0.5, 0.6) is 0 Å². The number of aromatic amines is 1. The van der Waals surface area contributed by atoms with Gasteiger partial charge in [0.05, 0.1) is 0 Å². The lowest BCUT2D eigenvalue weighted by atomic mass is 10.0. The van der Waals surface area contributed by atoms with Crippen molar-refractivity contribution in [2.75, 3.05) is 7.05 Å². The number of carboxylic acid groups (broad SMARTS) is 1. The molecule has 15 heavy (non-hydrogen) atoms. The molecule has 0 atom stereocenters. The van der Waals surface area contributed by atoms with Crippen molar-refractivity contribution < 1.29 is 14.7 Å². The number of hydrogen-bond donors (Lipinski definition) is 2. The Balaban J connectivity index is 2.91. The van der Waals surface area contributed by atoms with Crippen molar-refractivity contribution >= 4 is 11.9 Å². The number of likely N-dealkylation sites (N-methyl/N-ethyl adjacent to an activating group) is 1. The summed E-state index contributed by atoms with van der Waals surface area (Å²) in [5, 5.41) is 15.1. The van der Waals surface area contributed by atoms with Crippen molar-refractivity contribution in [3.8, 4) is 0 Å². The molecule has 0 radical (unpaired) electrons. The molecule has 0 bridgehead atoms. The minimum absolute atomic E-state index is 0.270. The highest BCUT2D eigenvalue weighted by Gasteiger charge is 2.35. The lowest BCUT2D eigenvalue weighted by Crippen LogP contribution is -2.50. The fraction of sp³-hybridized carbons (Fsp3) is 0.444. The summed E-state index contributed by atoms with van der Waals surface area (Å²) in [5.74, 6) is -1.46. The van der Waals surface area contributed by atoms with Crippen LogP contribution in [0.1, 0.15) is 24.3 Å². The number of carboxylic acids is 1. The standard InChI is InChI=1S/C9H13N3O3/c1-9(2,8(14)15)12(3)7(13)6-4-5-10-11-6/h4-5H,1-3H3,(H,10,11)(H,14,15). The lowest BCUT2D eigenvalue weighted by Gasteiger charge is -2.30. The minimum atomic E-state index is -1.25. The molecular formula is C9H13N3O3. The summed E-state index contributed by atoms with van der Waals surface area (Å²) in [6, 6.07) is 1.50. The number of aliphatic carboxylic acids is 1. The molecule has 6 nitrogen and oxygen atoms in total. The molecule has 0 saturated carbocycles. The average molecular weight is 211 g/mol. The number of H-pyrrole nitrogens is 1. The molecule has 1 aromatic rings. The van der Waals surface area contributed by atoms with E-state index in [1.165, 1.54) is 33.2 Å². The highest BCUT2D eigenvalue weighted by Crippen LogP contribution is 2.14. The Labute approximate surface area is 86.9 Å². The monoisotopic (exact) mass is 211 g/mol. The first-order valence-electron chi connectivity index (χ1n) is 4.38. The van der Waals surface area contributed by atoms with Gasteiger partial charge in [-0.25, -0.2) is 4.79 Å². The third-order valence-corrected chi connectivity index (χ3v) is 2.40. The molecule has 0 aliphatic carbocycles. The van der Waals surface area contributed by atoms with E-state index in [9.17, 15) is 9.59 Å². The van der Waals surface area contributed by atoms with Gasteiger partial charge in [0.1, 0.15) is 11.2 Å².